The molecule has 2 aromatic heterocycles. The van der Waals surface area contributed by atoms with Gasteiger partial charge in [0.1, 0.15) is 0 Å². The summed E-state index contributed by atoms with van der Waals surface area (Å²) in [5.74, 6) is -0.266. The van der Waals surface area contributed by atoms with Gasteiger partial charge in [-0.1, -0.05) is 38.0 Å². The standard InChI is InChI=1S/C24H26N2O3S/c1-2-17-11-13-19(14-12-17)26(24(28)20-9-5-15-29-20)22(21-10-6-16-30-21)23(27)25-18-7-3-4-8-18/h5-6,9-16,18,22H,2-4,7-8H2,1H3,(H,25,27). The molecule has 5 nitrogen and oxygen atoms in total. The molecule has 0 aliphatic heterocycles. The van der Waals surface area contributed by atoms with E-state index >= 15 is 0 Å². The molecule has 1 N–H and O–H groups in total. The second-order valence-corrected chi connectivity index (χ2v) is 8.56. The minimum Gasteiger partial charge on any atom is -0.459 e. The Kier molecular flexibility index (Phi) is 6.33. The Bertz CT molecular complexity index is 959. The quantitative estimate of drug-likeness (QED) is 0.558. The maximum Gasteiger partial charge on any atom is 0.295 e. The van der Waals surface area contributed by atoms with Crippen LogP contribution in [0.25, 0.3) is 0 Å². The van der Waals surface area contributed by atoms with E-state index < -0.39 is 6.04 Å². The summed E-state index contributed by atoms with van der Waals surface area (Å²) in [6, 6.07) is 14.4. The van der Waals surface area contributed by atoms with E-state index in [2.05, 4.69) is 12.2 Å². The smallest absolute Gasteiger partial charge is 0.295 e. The Hall–Kier alpha value is -2.86. The average Bonchev–Trinajstić information content (AvgIpc) is 3.55. The van der Waals surface area contributed by atoms with E-state index in [1.54, 1.807) is 17.0 Å². The summed E-state index contributed by atoms with van der Waals surface area (Å²) >= 11 is 1.48. The second kappa shape index (κ2) is 9.30. The van der Waals surface area contributed by atoms with Gasteiger partial charge in [-0.25, -0.2) is 0 Å². The number of rotatable bonds is 7. The van der Waals surface area contributed by atoms with Gasteiger partial charge in [-0.3, -0.25) is 14.5 Å². The van der Waals surface area contributed by atoms with Crippen LogP contribution in [-0.4, -0.2) is 17.9 Å². The lowest BCUT2D eigenvalue weighted by atomic mass is 10.1. The Morgan fingerprint density at radius 3 is 2.50 bits per heavy atom. The summed E-state index contributed by atoms with van der Waals surface area (Å²) in [5.41, 5.74) is 1.85. The van der Waals surface area contributed by atoms with Crippen molar-refractivity contribution in [1.82, 2.24) is 5.32 Å². The molecule has 6 heteroatoms. The Labute approximate surface area is 180 Å². The molecular weight excluding hydrogens is 396 g/mol. The fourth-order valence-electron chi connectivity index (χ4n) is 3.97. The first-order valence-corrected chi connectivity index (χ1v) is 11.3. The largest absolute Gasteiger partial charge is 0.459 e. The van der Waals surface area contributed by atoms with E-state index in [1.807, 2.05) is 41.8 Å². The molecule has 1 aliphatic carbocycles. The Morgan fingerprint density at radius 1 is 1.13 bits per heavy atom. The molecule has 0 radical (unpaired) electrons. The molecule has 1 aromatic carbocycles. The maximum absolute atomic E-state index is 13.5. The molecule has 0 saturated heterocycles. The van der Waals surface area contributed by atoms with Gasteiger partial charge in [0.2, 0.25) is 5.91 Å². The third-order valence-electron chi connectivity index (χ3n) is 5.59. The fraction of sp³-hybridized carbons (Fsp3) is 0.333. The molecule has 1 aliphatic rings. The number of anilines is 1. The molecular formula is C24H26N2O3S. The number of hydrogen-bond acceptors (Lipinski definition) is 4. The highest BCUT2D eigenvalue weighted by Crippen LogP contribution is 2.33. The molecule has 0 spiro atoms. The summed E-state index contributed by atoms with van der Waals surface area (Å²) in [7, 11) is 0. The minimum atomic E-state index is -0.754. The van der Waals surface area contributed by atoms with E-state index in [0.717, 1.165) is 37.0 Å². The third kappa shape index (κ3) is 4.33. The zero-order valence-electron chi connectivity index (χ0n) is 17.0. The van der Waals surface area contributed by atoms with Gasteiger partial charge in [0, 0.05) is 16.6 Å². The number of carbonyl (C=O) groups is 2. The molecule has 2 amide bonds. The van der Waals surface area contributed by atoms with E-state index in [0.29, 0.717) is 5.69 Å². The third-order valence-corrected chi connectivity index (χ3v) is 6.52. The molecule has 2 heterocycles. The lowest BCUT2D eigenvalue weighted by molar-refractivity contribution is -0.123. The van der Waals surface area contributed by atoms with Crippen molar-refractivity contribution in [3.8, 4) is 0 Å². The van der Waals surface area contributed by atoms with Crippen LogP contribution >= 0.6 is 11.3 Å². The van der Waals surface area contributed by atoms with Crippen LogP contribution < -0.4 is 10.2 Å². The highest BCUT2D eigenvalue weighted by molar-refractivity contribution is 7.10. The number of carbonyl (C=O) groups excluding carboxylic acids is 2. The van der Waals surface area contributed by atoms with Crippen LogP contribution in [0.3, 0.4) is 0 Å². The zero-order valence-corrected chi connectivity index (χ0v) is 17.9. The first kappa shape index (κ1) is 20.4. The molecule has 1 fully saturated rings. The lowest BCUT2D eigenvalue weighted by Gasteiger charge is -2.31. The number of aryl methyl sites for hydroxylation is 1. The summed E-state index contributed by atoms with van der Waals surface area (Å²) in [6.07, 6.45) is 6.61. The highest BCUT2D eigenvalue weighted by atomic mass is 32.1. The second-order valence-electron chi connectivity index (χ2n) is 7.58. The summed E-state index contributed by atoms with van der Waals surface area (Å²) in [5, 5.41) is 5.11. The number of hydrogen-bond donors (Lipinski definition) is 1. The van der Waals surface area contributed by atoms with Crippen molar-refractivity contribution in [2.75, 3.05) is 4.90 Å². The predicted molar refractivity (Wildman–Crippen MR) is 119 cm³/mol. The van der Waals surface area contributed by atoms with Crippen molar-refractivity contribution < 1.29 is 14.0 Å². The molecule has 3 aromatic rings. The number of amides is 2. The molecule has 156 valence electrons. The van der Waals surface area contributed by atoms with Crippen LogP contribution in [-0.2, 0) is 11.2 Å². The Balaban J connectivity index is 1.75. The number of benzene rings is 1. The van der Waals surface area contributed by atoms with Crippen molar-refractivity contribution in [1.29, 1.82) is 0 Å². The molecule has 1 saturated carbocycles. The monoisotopic (exact) mass is 422 g/mol. The number of furan rings is 1. The van der Waals surface area contributed by atoms with E-state index in [4.69, 9.17) is 4.42 Å². The van der Waals surface area contributed by atoms with Gasteiger partial charge in [-0.2, -0.15) is 0 Å². The molecule has 1 unspecified atom stereocenters. The van der Waals surface area contributed by atoms with Crippen LogP contribution in [0.2, 0.25) is 0 Å². The van der Waals surface area contributed by atoms with E-state index in [1.165, 1.54) is 23.2 Å². The predicted octanol–water partition coefficient (Wildman–Crippen LogP) is 5.35. The molecule has 0 bridgehead atoms. The minimum absolute atomic E-state index is 0.149. The van der Waals surface area contributed by atoms with Gasteiger partial charge in [-0.05, 0) is 60.5 Å². The topological polar surface area (TPSA) is 62.6 Å². The van der Waals surface area contributed by atoms with Gasteiger partial charge in [0.15, 0.2) is 11.8 Å². The van der Waals surface area contributed by atoms with E-state index in [-0.39, 0.29) is 23.6 Å². The van der Waals surface area contributed by atoms with Crippen LogP contribution in [0.1, 0.15) is 59.6 Å². The van der Waals surface area contributed by atoms with Crippen LogP contribution in [0, 0.1) is 0 Å². The van der Waals surface area contributed by atoms with Crippen molar-refractivity contribution in [3.63, 3.8) is 0 Å². The molecule has 1 atom stereocenters. The summed E-state index contributed by atoms with van der Waals surface area (Å²) < 4.78 is 5.40. The van der Waals surface area contributed by atoms with Crippen molar-refractivity contribution in [3.05, 3.63) is 76.4 Å². The van der Waals surface area contributed by atoms with Crippen LogP contribution in [0.4, 0.5) is 5.69 Å². The Morgan fingerprint density at radius 2 is 1.90 bits per heavy atom. The normalized spacial score (nSPS) is 15.1. The van der Waals surface area contributed by atoms with Crippen molar-refractivity contribution >= 4 is 28.8 Å². The SMILES string of the molecule is CCc1ccc(N(C(=O)c2ccco2)C(C(=O)NC2CCCC2)c2cccs2)cc1. The fourth-order valence-corrected chi connectivity index (χ4v) is 4.78. The maximum atomic E-state index is 13.5. The van der Waals surface area contributed by atoms with Gasteiger partial charge in [0.25, 0.3) is 5.91 Å². The summed E-state index contributed by atoms with van der Waals surface area (Å²) in [4.78, 5) is 29.4. The summed E-state index contributed by atoms with van der Waals surface area (Å²) in [6.45, 7) is 2.09. The van der Waals surface area contributed by atoms with E-state index in [9.17, 15) is 9.59 Å². The van der Waals surface area contributed by atoms with Crippen molar-refractivity contribution in [2.24, 2.45) is 0 Å². The lowest BCUT2D eigenvalue weighted by Crippen LogP contribution is -2.46. The molecule has 4 rings (SSSR count). The first-order chi connectivity index (χ1) is 14.7. The first-order valence-electron chi connectivity index (χ1n) is 10.5. The highest BCUT2D eigenvalue weighted by Gasteiger charge is 2.36. The van der Waals surface area contributed by atoms with Gasteiger partial charge in [0.05, 0.1) is 6.26 Å². The van der Waals surface area contributed by atoms with Gasteiger partial charge < -0.3 is 9.73 Å². The number of nitrogens with one attached hydrogen (secondary N) is 1. The van der Waals surface area contributed by atoms with Crippen LogP contribution in [0.15, 0.2) is 64.6 Å². The van der Waals surface area contributed by atoms with Crippen molar-refractivity contribution in [2.45, 2.75) is 51.1 Å². The van der Waals surface area contributed by atoms with Crippen LogP contribution in [0.5, 0.6) is 0 Å². The average molecular weight is 423 g/mol. The van der Waals surface area contributed by atoms with Gasteiger partial charge >= 0.3 is 0 Å². The molecule has 30 heavy (non-hydrogen) atoms. The van der Waals surface area contributed by atoms with Gasteiger partial charge in [-0.15, -0.1) is 11.3 Å². The number of thiophene rings is 1. The zero-order chi connectivity index (χ0) is 20.9. The number of nitrogens with zero attached hydrogens (tertiary/aromatic N) is 1.